The summed E-state index contributed by atoms with van der Waals surface area (Å²) in [5.41, 5.74) is 8.56. The van der Waals surface area contributed by atoms with E-state index in [0.29, 0.717) is 16.8 Å². The molecule has 0 saturated heterocycles. The molecule has 0 saturated carbocycles. The lowest BCUT2D eigenvalue weighted by Gasteiger charge is -2.14. The molecule has 1 aromatic rings. The quantitative estimate of drug-likeness (QED) is 0.643. The van der Waals surface area contributed by atoms with Gasteiger partial charge in [-0.15, -0.1) is 5.92 Å². The van der Waals surface area contributed by atoms with Crippen molar-refractivity contribution in [3.63, 3.8) is 0 Å². The minimum Gasteiger partial charge on any atom is -0.398 e. The molecular formula is C13H18N2O2S. The van der Waals surface area contributed by atoms with E-state index in [0.717, 1.165) is 5.56 Å². The second kappa shape index (κ2) is 5.42. The number of nitrogens with one attached hydrogen (secondary N) is 1. The third kappa shape index (κ3) is 2.84. The molecular weight excluding hydrogens is 248 g/mol. The molecule has 0 heterocycles. The van der Waals surface area contributed by atoms with E-state index in [2.05, 4.69) is 16.6 Å². The summed E-state index contributed by atoms with van der Waals surface area (Å²) in [7, 11) is -3.57. The molecule has 5 heteroatoms. The average molecular weight is 266 g/mol. The van der Waals surface area contributed by atoms with Crippen molar-refractivity contribution in [3.8, 4) is 11.8 Å². The molecule has 0 atom stereocenters. The normalized spacial score (nSPS) is 10.9. The molecule has 0 bridgehead atoms. The first-order valence-corrected chi connectivity index (χ1v) is 7.05. The number of sulfonamides is 1. The summed E-state index contributed by atoms with van der Waals surface area (Å²) in [6, 6.07) is 1.78. The van der Waals surface area contributed by atoms with Gasteiger partial charge < -0.3 is 5.73 Å². The smallest absolute Gasteiger partial charge is 0.242 e. The highest BCUT2D eigenvalue weighted by atomic mass is 32.2. The summed E-state index contributed by atoms with van der Waals surface area (Å²) in [5, 5.41) is 0. The first-order valence-electron chi connectivity index (χ1n) is 5.56. The Balaban J connectivity index is 3.32. The second-order valence-electron chi connectivity index (χ2n) is 4.13. The summed E-state index contributed by atoms with van der Waals surface area (Å²) in [5.74, 6) is 5.31. The van der Waals surface area contributed by atoms with Crippen molar-refractivity contribution in [2.24, 2.45) is 0 Å². The lowest BCUT2D eigenvalue weighted by atomic mass is 10.1. The van der Waals surface area contributed by atoms with E-state index in [1.165, 1.54) is 0 Å². The van der Waals surface area contributed by atoms with Crippen molar-refractivity contribution in [2.75, 3.05) is 12.3 Å². The Kier molecular flexibility index (Phi) is 4.38. The van der Waals surface area contributed by atoms with E-state index in [1.54, 1.807) is 26.8 Å². The van der Waals surface area contributed by atoms with Crippen LogP contribution in [-0.4, -0.2) is 15.0 Å². The Morgan fingerprint density at radius 2 is 1.89 bits per heavy atom. The van der Waals surface area contributed by atoms with E-state index < -0.39 is 10.0 Å². The number of aryl methyl sites for hydroxylation is 2. The molecule has 0 unspecified atom stereocenters. The van der Waals surface area contributed by atoms with Gasteiger partial charge in [-0.1, -0.05) is 12.0 Å². The Hall–Kier alpha value is -1.51. The second-order valence-corrected chi connectivity index (χ2v) is 5.83. The highest BCUT2D eigenvalue weighted by molar-refractivity contribution is 7.89. The molecule has 3 N–H and O–H groups in total. The molecule has 0 fully saturated rings. The van der Waals surface area contributed by atoms with Crippen LogP contribution in [-0.2, 0) is 10.0 Å². The lowest BCUT2D eigenvalue weighted by Crippen LogP contribution is -2.26. The summed E-state index contributed by atoms with van der Waals surface area (Å²) >= 11 is 0. The predicted octanol–water partition coefficient (Wildman–Crippen LogP) is 1.50. The standard InChI is InChI=1S/C13H18N2O2S/c1-5-6-7-15-18(16,17)13-10(3)8-9(2)12(14)11(13)4/h8,15H,7,14H2,1-4H3. The molecule has 18 heavy (non-hydrogen) atoms. The summed E-state index contributed by atoms with van der Waals surface area (Å²) in [6.45, 7) is 7.11. The number of nitrogen functional groups attached to an aromatic ring is 1. The predicted molar refractivity (Wildman–Crippen MR) is 73.7 cm³/mol. The van der Waals surface area contributed by atoms with E-state index in [4.69, 9.17) is 5.73 Å². The van der Waals surface area contributed by atoms with E-state index in [9.17, 15) is 8.42 Å². The largest absolute Gasteiger partial charge is 0.398 e. The highest BCUT2D eigenvalue weighted by Gasteiger charge is 2.21. The number of nitrogens with two attached hydrogens (primary N) is 1. The fourth-order valence-electron chi connectivity index (χ4n) is 1.89. The topological polar surface area (TPSA) is 72.2 Å². The van der Waals surface area contributed by atoms with Crippen LogP contribution in [0.1, 0.15) is 23.6 Å². The number of hydrogen-bond acceptors (Lipinski definition) is 3. The summed E-state index contributed by atoms with van der Waals surface area (Å²) in [4.78, 5) is 0.253. The van der Waals surface area contributed by atoms with Gasteiger partial charge in [0.25, 0.3) is 0 Å². The van der Waals surface area contributed by atoms with Gasteiger partial charge in [0.05, 0.1) is 11.4 Å². The van der Waals surface area contributed by atoms with E-state index in [-0.39, 0.29) is 11.4 Å². The molecule has 98 valence electrons. The third-order valence-corrected chi connectivity index (χ3v) is 4.45. The van der Waals surface area contributed by atoms with Gasteiger partial charge in [-0.3, -0.25) is 0 Å². The van der Waals surface area contributed by atoms with Crippen molar-refractivity contribution < 1.29 is 8.42 Å². The van der Waals surface area contributed by atoms with E-state index >= 15 is 0 Å². The number of rotatable bonds is 3. The van der Waals surface area contributed by atoms with Gasteiger partial charge in [0.15, 0.2) is 0 Å². The first-order chi connectivity index (χ1) is 8.31. The zero-order valence-corrected chi connectivity index (χ0v) is 11.9. The summed E-state index contributed by atoms with van der Waals surface area (Å²) < 4.78 is 26.8. The minimum absolute atomic E-state index is 0.103. The number of anilines is 1. The summed E-state index contributed by atoms with van der Waals surface area (Å²) in [6.07, 6.45) is 0. The molecule has 1 rings (SSSR count). The van der Waals surface area contributed by atoms with Crippen LogP contribution in [0.2, 0.25) is 0 Å². The van der Waals surface area contributed by atoms with Crippen LogP contribution in [0.5, 0.6) is 0 Å². The van der Waals surface area contributed by atoms with Crippen molar-refractivity contribution in [1.29, 1.82) is 0 Å². The maximum absolute atomic E-state index is 12.2. The first kappa shape index (κ1) is 14.6. The van der Waals surface area contributed by atoms with Gasteiger partial charge in [-0.25, -0.2) is 8.42 Å². The molecule has 4 nitrogen and oxygen atoms in total. The zero-order valence-electron chi connectivity index (χ0n) is 11.1. The molecule has 0 aliphatic rings. The van der Waals surface area contributed by atoms with Crippen LogP contribution >= 0.6 is 0 Å². The Morgan fingerprint density at radius 3 is 2.44 bits per heavy atom. The lowest BCUT2D eigenvalue weighted by molar-refractivity contribution is 0.585. The van der Waals surface area contributed by atoms with E-state index in [1.807, 2.05) is 6.92 Å². The maximum Gasteiger partial charge on any atom is 0.242 e. The Bertz CT molecular complexity index is 623. The molecule has 0 aliphatic heterocycles. The van der Waals surface area contributed by atoms with Gasteiger partial charge in [0, 0.05) is 5.69 Å². The minimum atomic E-state index is -3.57. The molecule has 0 radical (unpaired) electrons. The van der Waals surface area contributed by atoms with Crippen molar-refractivity contribution in [3.05, 3.63) is 22.8 Å². The van der Waals surface area contributed by atoms with Crippen LogP contribution in [0.25, 0.3) is 0 Å². The van der Waals surface area contributed by atoms with Crippen LogP contribution in [0, 0.1) is 32.6 Å². The fraction of sp³-hybridized carbons (Fsp3) is 0.385. The van der Waals surface area contributed by atoms with Gasteiger partial charge in [0.1, 0.15) is 0 Å². The fourth-order valence-corrected chi connectivity index (χ4v) is 3.29. The van der Waals surface area contributed by atoms with Crippen LogP contribution < -0.4 is 10.5 Å². The molecule has 0 amide bonds. The molecule has 0 aromatic heterocycles. The van der Waals surface area contributed by atoms with Gasteiger partial charge in [0.2, 0.25) is 10.0 Å². The van der Waals surface area contributed by atoms with Crippen LogP contribution in [0.3, 0.4) is 0 Å². The van der Waals surface area contributed by atoms with Crippen molar-refractivity contribution in [1.82, 2.24) is 4.72 Å². The van der Waals surface area contributed by atoms with Crippen molar-refractivity contribution >= 4 is 15.7 Å². The molecule has 0 spiro atoms. The average Bonchev–Trinajstić information content (AvgIpc) is 2.25. The Morgan fingerprint density at radius 1 is 1.28 bits per heavy atom. The highest BCUT2D eigenvalue weighted by Crippen LogP contribution is 2.27. The monoisotopic (exact) mass is 266 g/mol. The van der Waals surface area contributed by atoms with Crippen LogP contribution in [0.4, 0.5) is 5.69 Å². The SMILES string of the molecule is CC#CCNS(=O)(=O)c1c(C)cc(C)c(N)c1C. The Labute approximate surface area is 109 Å². The van der Waals surface area contributed by atoms with Gasteiger partial charge in [-0.2, -0.15) is 4.72 Å². The number of benzene rings is 1. The number of hydrogen-bond donors (Lipinski definition) is 2. The molecule has 0 aliphatic carbocycles. The third-order valence-electron chi connectivity index (χ3n) is 2.76. The zero-order chi connectivity index (χ0) is 13.9. The van der Waals surface area contributed by atoms with Gasteiger partial charge in [-0.05, 0) is 44.4 Å². The molecule has 1 aromatic carbocycles. The van der Waals surface area contributed by atoms with Crippen LogP contribution in [0.15, 0.2) is 11.0 Å². The maximum atomic E-state index is 12.2. The van der Waals surface area contributed by atoms with Gasteiger partial charge >= 0.3 is 0 Å². The van der Waals surface area contributed by atoms with Crippen molar-refractivity contribution in [2.45, 2.75) is 32.6 Å².